The lowest BCUT2D eigenvalue weighted by Gasteiger charge is -2.23. The van der Waals surface area contributed by atoms with Gasteiger partial charge in [0.15, 0.2) is 0 Å². The number of hydrogen-bond donors (Lipinski definition) is 4. The molecule has 0 aliphatic heterocycles. The molecule has 0 spiro atoms. The number of aliphatic carboxylic acids is 1. The molecule has 12 heteroatoms. The van der Waals surface area contributed by atoms with Crippen molar-refractivity contribution in [2.75, 3.05) is 5.32 Å². The zero-order valence-corrected chi connectivity index (χ0v) is 23.9. The number of carbonyl (C=O) groups is 6. The largest absolute Gasteiger partial charge is 0.478 e. The lowest BCUT2D eigenvalue weighted by molar-refractivity contribution is -0.159. The van der Waals surface area contributed by atoms with Crippen LogP contribution in [0.3, 0.4) is 0 Å². The van der Waals surface area contributed by atoms with Crippen LogP contribution in [-0.4, -0.2) is 52.9 Å². The van der Waals surface area contributed by atoms with Crippen molar-refractivity contribution in [3.05, 3.63) is 101 Å². The normalized spacial score (nSPS) is 11.9. The predicted molar refractivity (Wildman–Crippen MR) is 154 cm³/mol. The van der Waals surface area contributed by atoms with Crippen LogP contribution in [0.2, 0.25) is 0 Å². The molecule has 3 amide bonds. The average molecular weight is 590 g/mol. The summed E-state index contributed by atoms with van der Waals surface area (Å²) in [7, 11) is 0. The number of rotatable bonds is 10. The van der Waals surface area contributed by atoms with Gasteiger partial charge in [-0.2, -0.15) is 0 Å². The van der Waals surface area contributed by atoms with Crippen molar-refractivity contribution in [3.63, 3.8) is 0 Å². The summed E-state index contributed by atoms with van der Waals surface area (Å²) in [4.78, 5) is 75.6. The van der Waals surface area contributed by atoms with E-state index in [4.69, 9.17) is 9.47 Å². The number of anilines is 1. The van der Waals surface area contributed by atoms with Crippen molar-refractivity contribution in [1.82, 2.24) is 10.9 Å². The number of ether oxygens (including phenoxy) is 2. The van der Waals surface area contributed by atoms with Gasteiger partial charge in [-0.3, -0.25) is 25.2 Å². The highest BCUT2D eigenvalue weighted by molar-refractivity contribution is 5.99. The summed E-state index contributed by atoms with van der Waals surface area (Å²) in [6.45, 7) is 6.88. The van der Waals surface area contributed by atoms with Crippen molar-refractivity contribution < 1.29 is 43.3 Å². The van der Waals surface area contributed by atoms with E-state index in [1.54, 1.807) is 52.0 Å². The molecule has 0 fully saturated rings. The molecule has 0 saturated heterocycles. The summed E-state index contributed by atoms with van der Waals surface area (Å²) in [6.07, 6.45) is -4.48. The second-order valence-corrected chi connectivity index (χ2v) is 9.89. The summed E-state index contributed by atoms with van der Waals surface area (Å²) in [5.74, 6) is -6.46. The molecule has 0 aliphatic carbocycles. The standard InChI is InChI=1S/C31H31N3O9/c1-17(2)26(35)32-23-13-11-20(12-14-23)27(36)33-34-28(37)24(42-30(40)21-9-5-7-18(3)15-21)25(29(38)39)43-31(41)22-10-6-8-19(4)16-22/h5-17,24-25H,1-4H3,(H,32,35)(H,33,36)(H,34,37)(H,38,39)/t24-,25-/m0/s1. The minimum atomic E-state index is -2.28. The number of hydrazine groups is 1. The average Bonchev–Trinajstić information content (AvgIpc) is 2.97. The third-order valence-corrected chi connectivity index (χ3v) is 5.99. The van der Waals surface area contributed by atoms with E-state index < -0.39 is 41.9 Å². The Balaban J connectivity index is 1.80. The number of nitrogens with one attached hydrogen (secondary N) is 3. The molecule has 3 aromatic rings. The first-order valence-electron chi connectivity index (χ1n) is 13.1. The van der Waals surface area contributed by atoms with Gasteiger partial charge in [0.05, 0.1) is 11.1 Å². The van der Waals surface area contributed by atoms with Gasteiger partial charge in [0.25, 0.3) is 11.8 Å². The lowest BCUT2D eigenvalue weighted by atomic mass is 10.1. The highest BCUT2D eigenvalue weighted by Gasteiger charge is 2.41. The quantitative estimate of drug-likeness (QED) is 0.204. The second-order valence-electron chi connectivity index (χ2n) is 9.89. The molecule has 0 aliphatic rings. The molecule has 0 aromatic heterocycles. The van der Waals surface area contributed by atoms with Gasteiger partial charge in [-0.1, -0.05) is 49.2 Å². The Labute approximate surface area is 247 Å². The minimum Gasteiger partial charge on any atom is -0.478 e. The summed E-state index contributed by atoms with van der Waals surface area (Å²) in [6, 6.07) is 18.0. The number of carboxylic acids is 1. The van der Waals surface area contributed by atoms with E-state index >= 15 is 0 Å². The summed E-state index contributed by atoms with van der Waals surface area (Å²) < 4.78 is 10.4. The van der Waals surface area contributed by atoms with Crippen LogP contribution in [0.5, 0.6) is 0 Å². The van der Waals surface area contributed by atoms with E-state index in [1.165, 1.54) is 48.5 Å². The molecule has 2 atom stereocenters. The van der Waals surface area contributed by atoms with E-state index in [0.29, 0.717) is 16.8 Å². The molecule has 12 nitrogen and oxygen atoms in total. The highest BCUT2D eigenvalue weighted by Crippen LogP contribution is 2.15. The summed E-state index contributed by atoms with van der Waals surface area (Å²) >= 11 is 0. The van der Waals surface area contributed by atoms with Crippen LogP contribution in [0.4, 0.5) is 5.69 Å². The van der Waals surface area contributed by atoms with Gasteiger partial charge >= 0.3 is 17.9 Å². The molecule has 43 heavy (non-hydrogen) atoms. The Hall–Kier alpha value is -5.52. The van der Waals surface area contributed by atoms with E-state index in [-0.39, 0.29) is 28.5 Å². The van der Waals surface area contributed by atoms with Crippen LogP contribution in [0.25, 0.3) is 0 Å². The van der Waals surface area contributed by atoms with Crippen LogP contribution in [0.1, 0.15) is 56.0 Å². The number of esters is 2. The SMILES string of the molecule is Cc1cccc(C(=O)O[C@H](C(=O)O)[C@H](OC(=O)c2cccc(C)c2)C(=O)NNC(=O)c2ccc(NC(=O)C(C)C)cc2)c1. The van der Waals surface area contributed by atoms with Crippen molar-refractivity contribution in [2.24, 2.45) is 5.92 Å². The molecular formula is C31H31N3O9. The Morgan fingerprint density at radius 3 is 1.63 bits per heavy atom. The first-order chi connectivity index (χ1) is 20.3. The first-order valence-corrected chi connectivity index (χ1v) is 13.1. The maximum absolute atomic E-state index is 13.2. The fourth-order valence-corrected chi connectivity index (χ4v) is 3.66. The van der Waals surface area contributed by atoms with E-state index in [2.05, 4.69) is 10.7 Å². The fraction of sp³-hybridized carbons (Fsp3) is 0.226. The Morgan fingerprint density at radius 2 is 1.16 bits per heavy atom. The number of amides is 3. The van der Waals surface area contributed by atoms with E-state index in [9.17, 15) is 33.9 Å². The maximum atomic E-state index is 13.2. The third-order valence-electron chi connectivity index (χ3n) is 5.99. The number of hydrogen-bond acceptors (Lipinski definition) is 8. The number of carboxylic acid groups (broad SMARTS) is 1. The Morgan fingerprint density at radius 1 is 0.651 bits per heavy atom. The van der Waals surface area contributed by atoms with E-state index in [0.717, 1.165) is 0 Å². The molecule has 3 aromatic carbocycles. The molecule has 0 saturated carbocycles. The van der Waals surface area contributed by atoms with Gasteiger partial charge < -0.3 is 19.9 Å². The van der Waals surface area contributed by atoms with Crippen LogP contribution in [0, 0.1) is 19.8 Å². The minimum absolute atomic E-state index is 0.0109. The lowest BCUT2D eigenvalue weighted by Crippen LogP contribution is -2.54. The molecule has 224 valence electrons. The topological polar surface area (TPSA) is 177 Å². The zero-order valence-electron chi connectivity index (χ0n) is 23.9. The van der Waals surface area contributed by atoms with Gasteiger partial charge in [-0.05, 0) is 62.4 Å². The third kappa shape index (κ3) is 8.98. The second kappa shape index (κ2) is 14.4. The van der Waals surface area contributed by atoms with Crippen molar-refractivity contribution >= 4 is 41.3 Å². The van der Waals surface area contributed by atoms with Gasteiger partial charge in [0.1, 0.15) is 0 Å². The van der Waals surface area contributed by atoms with Gasteiger partial charge in [0, 0.05) is 17.2 Å². The van der Waals surface area contributed by atoms with Crippen molar-refractivity contribution in [1.29, 1.82) is 0 Å². The zero-order chi connectivity index (χ0) is 31.7. The van der Waals surface area contributed by atoms with Crippen molar-refractivity contribution in [3.8, 4) is 0 Å². The van der Waals surface area contributed by atoms with Crippen LogP contribution >= 0.6 is 0 Å². The molecule has 0 heterocycles. The Kier molecular flexibility index (Phi) is 10.7. The fourth-order valence-electron chi connectivity index (χ4n) is 3.66. The van der Waals surface area contributed by atoms with Crippen molar-refractivity contribution in [2.45, 2.75) is 39.9 Å². The first kappa shape index (κ1) is 32.0. The van der Waals surface area contributed by atoms with Gasteiger partial charge in [0.2, 0.25) is 18.1 Å². The molecule has 4 N–H and O–H groups in total. The number of benzene rings is 3. The number of aryl methyl sites for hydroxylation is 2. The monoisotopic (exact) mass is 589 g/mol. The molecule has 3 rings (SSSR count). The van der Waals surface area contributed by atoms with Crippen LogP contribution < -0.4 is 16.2 Å². The van der Waals surface area contributed by atoms with Crippen LogP contribution in [0.15, 0.2) is 72.8 Å². The summed E-state index contributed by atoms with van der Waals surface area (Å²) in [5, 5.41) is 12.6. The van der Waals surface area contributed by atoms with E-state index in [1.807, 2.05) is 5.43 Å². The van der Waals surface area contributed by atoms with Gasteiger partial charge in [-0.15, -0.1) is 0 Å². The Bertz CT molecular complexity index is 1530. The highest BCUT2D eigenvalue weighted by atomic mass is 16.6. The van der Waals surface area contributed by atoms with Gasteiger partial charge in [-0.25, -0.2) is 14.4 Å². The molecule has 0 radical (unpaired) electrons. The smallest absolute Gasteiger partial charge is 0.349 e. The molecule has 0 bridgehead atoms. The van der Waals surface area contributed by atoms with Crippen LogP contribution in [-0.2, 0) is 23.9 Å². The number of carbonyl (C=O) groups excluding carboxylic acids is 5. The summed E-state index contributed by atoms with van der Waals surface area (Å²) in [5.41, 5.74) is 6.08. The maximum Gasteiger partial charge on any atom is 0.349 e. The predicted octanol–water partition coefficient (Wildman–Crippen LogP) is 3.19. The molecular weight excluding hydrogens is 558 g/mol. The molecule has 0 unspecified atom stereocenters.